The predicted octanol–water partition coefficient (Wildman–Crippen LogP) is 4.38. The number of nitrogens with zero attached hydrogens (tertiary/aromatic N) is 1. The summed E-state index contributed by atoms with van der Waals surface area (Å²) in [4.78, 5) is 4.44. The van der Waals surface area contributed by atoms with Crippen LogP contribution in [0.2, 0.25) is 0 Å². The topological polar surface area (TPSA) is 54.4 Å². The molecule has 0 saturated heterocycles. The van der Waals surface area contributed by atoms with E-state index in [1.165, 1.54) is 18.2 Å². The molecule has 4 heteroatoms. The first-order valence-electron chi connectivity index (χ1n) is 7.78. The van der Waals surface area contributed by atoms with E-state index in [0.29, 0.717) is 5.75 Å². The van der Waals surface area contributed by atoms with Crippen LogP contribution in [0.5, 0.6) is 11.5 Å². The summed E-state index contributed by atoms with van der Waals surface area (Å²) in [6, 6.07) is 17.6. The summed E-state index contributed by atoms with van der Waals surface area (Å²) in [6.07, 6.45) is 1.79. The third-order valence-corrected chi connectivity index (χ3v) is 3.83. The summed E-state index contributed by atoms with van der Waals surface area (Å²) in [5, 5.41) is 13.2. The normalized spacial score (nSPS) is 10.4. The van der Waals surface area contributed by atoms with Gasteiger partial charge in [-0.15, -0.1) is 0 Å². The van der Waals surface area contributed by atoms with Gasteiger partial charge in [-0.3, -0.25) is 0 Å². The molecule has 0 atom stereocenters. The molecule has 0 aliphatic heterocycles. The molecule has 0 aliphatic rings. The van der Waals surface area contributed by atoms with E-state index in [4.69, 9.17) is 4.74 Å². The van der Waals surface area contributed by atoms with Crippen LogP contribution in [0.3, 0.4) is 0 Å². The molecular weight excluding hydrogens is 300 g/mol. The van der Waals surface area contributed by atoms with Gasteiger partial charge in [-0.25, -0.2) is 4.98 Å². The van der Waals surface area contributed by atoms with E-state index in [9.17, 15) is 5.11 Å². The largest absolute Gasteiger partial charge is 0.504 e. The average molecular weight is 320 g/mol. The van der Waals surface area contributed by atoms with Crippen molar-refractivity contribution in [2.75, 3.05) is 12.4 Å². The van der Waals surface area contributed by atoms with Crippen LogP contribution in [0.15, 0.2) is 60.8 Å². The first-order valence-corrected chi connectivity index (χ1v) is 7.78. The summed E-state index contributed by atoms with van der Waals surface area (Å²) >= 11 is 0. The van der Waals surface area contributed by atoms with Crippen LogP contribution in [-0.2, 0) is 6.54 Å². The molecule has 1 aromatic heterocycles. The smallest absolute Gasteiger partial charge is 0.160 e. The monoisotopic (exact) mass is 320 g/mol. The lowest BCUT2D eigenvalue weighted by atomic mass is 10.1. The fourth-order valence-corrected chi connectivity index (χ4v) is 2.55. The first-order chi connectivity index (χ1) is 11.7. The van der Waals surface area contributed by atoms with Crippen LogP contribution >= 0.6 is 0 Å². The Morgan fingerprint density at radius 3 is 2.54 bits per heavy atom. The highest BCUT2D eigenvalue weighted by Gasteiger charge is 2.05. The van der Waals surface area contributed by atoms with E-state index in [1.54, 1.807) is 18.3 Å². The number of nitrogens with one attached hydrogen (secondary N) is 1. The van der Waals surface area contributed by atoms with Crippen LogP contribution in [0.25, 0.3) is 11.1 Å². The minimum atomic E-state index is 0.122. The van der Waals surface area contributed by atoms with E-state index in [2.05, 4.69) is 41.5 Å². The van der Waals surface area contributed by atoms with E-state index >= 15 is 0 Å². The number of phenolic OH excluding ortho intramolecular Hbond substituents is 1. The molecule has 0 amide bonds. The molecule has 1 heterocycles. The highest BCUT2D eigenvalue weighted by molar-refractivity contribution is 5.67. The van der Waals surface area contributed by atoms with Gasteiger partial charge in [-0.1, -0.05) is 35.9 Å². The summed E-state index contributed by atoms with van der Waals surface area (Å²) in [6.45, 7) is 2.82. The number of rotatable bonds is 5. The zero-order valence-corrected chi connectivity index (χ0v) is 13.8. The molecule has 0 fully saturated rings. The number of hydrogen-bond acceptors (Lipinski definition) is 4. The molecule has 122 valence electrons. The maximum Gasteiger partial charge on any atom is 0.160 e. The highest BCUT2D eigenvalue weighted by atomic mass is 16.5. The van der Waals surface area contributed by atoms with Gasteiger partial charge in [0, 0.05) is 18.3 Å². The average Bonchev–Trinajstić information content (AvgIpc) is 2.60. The number of pyridine rings is 1. The number of ether oxygens (including phenoxy) is 1. The second kappa shape index (κ2) is 7.04. The molecule has 3 rings (SSSR count). The number of anilines is 1. The van der Waals surface area contributed by atoms with Crippen LogP contribution in [0.4, 0.5) is 5.82 Å². The fourth-order valence-electron chi connectivity index (χ4n) is 2.55. The maximum atomic E-state index is 9.88. The zero-order valence-electron chi connectivity index (χ0n) is 13.8. The van der Waals surface area contributed by atoms with Crippen LogP contribution in [0.1, 0.15) is 11.1 Å². The van der Waals surface area contributed by atoms with Gasteiger partial charge < -0.3 is 15.2 Å². The van der Waals surface area contributed by atoms with E-state index in [1.807, 2.05) is 18.2 Å². The second-order valence-corrected chi connectivity index (χ2v) is 5.66. The van der Waals surface area contributed by atoms with Gasteiger partial charge in [0.15, 0.2) is 11.5 Å². The van der Waals surface area contributed by atoms with Gasteiger partial charge in [-0.05, 0) is 42.3 Å². The Morgan fingerprint density at radius 2 is 1.88 bits per heavy atom. The summed E-state index contributed by atoms with van der Waals surface area (Å²) < 4.78 is 5.06. The predicted molar refractivity (Wildman–Crippen MR) is 96.4 cm³/mol. The van der Waals surface area contributed by atoms with Gasteiger partial charge in [0.25, 0.3) is 0 Å². The number of phenols is 1. The van der Waals surface area contributed by atoms with Crippen molar-refractivity contribution in [3.63, 3.8) is 0 Å². The van der Waals surface area contributed by atoms with Gasteiger partial charge in [0.05, 0.1) is 7.11 Å². The maximum absolute atomic E-state index is 9.88. The molecule has 2 aromatic carbocycles. The summed E-state index contributed by atoms with van der Waals surface area (Å²) in [5.74, 6) is 1.40. The van der Waals surface area contributed by atoms with Gasteiger partial charge in [0.1, 0.15) is 5.82 Å². The minimum absolute atomic E-state index is 0.122. The second-order valence-electron chi connectivity index (χ2n) is 5.66. The zero-order chi connectivity index (χ0) is 16.9. The standard InChI is InChI=1S/C20H20N2O2/c1-14-4-3-5-15(10-14)12-21-20-9-7-17(13-22-20)16-6-8-19(24-2)18(23)11-16/h3-11,13,23H,12H2,1-2H3,(H,21,22). The van der Waals surface area contributed by atoms with Crippen molar-refractivity contribution >= 4 is 5.82 Å². The number of aromatic hydroxyl groups is 1. The van der Waals surface area contributed by atoms with Crippen molar-refractivity contribution in [2.45, 2.75) is 13.5 Å². The summed E-state index contributed by atoms with van der Waals surface area (Å²) in [7, 11) is 1.53. The molecule has 24 heavy (non-hydrogen) atoms. The van der Waals surface area contributed by atoms with Crippen molar-refractivity contribution in [2.24, 2.45) is 0 Å². The molecular formula is C20H20N2O2. The lowest BCUT2D eigenvalue weighted by Gasteiger charge is -2.09. The Labute approximate surface area is 141 Å². The van der Waals surface area contributed by atoms with Gasteiger partial charge in [0.2, 0.25) is 0 Å². The number of methoxy groups -OCH3 is 1. The Kier molecular flexibility index (Phi) is 4.66. The Balaban J connectivity index is 1.70. The SMILES string of the molecule is COc1ccc(-c2ccc(NCc3cccc(C)c3)nc2)cc1O. The minimum Gasteiger partial charge on any atom is -0.504 e. The molecule has 0 radical (unpaired) electrons. The van der Waals surface area contributed by atoms with Crippen LogP contribution in [-0.4, -0.2) is 17.2 Å². The lowest BCUT2D eigenvalue weighted by molar-refractivity contribution is 0.373. The van der Waals surface area contributed by atoms with E-state index in [-0.39, 0.29) is 5.75 Å². The van der Waals surface area contributed by atoms with Crippen molar-refractivity contribution in [1.82, 2.24) is 4.98 Å². The number of benzene rings is 2. The van der Waals surface area contributed by atoms with Gasteiger partial charge in [-0.2, -0.15) is 0 Å². The van der Waals surface area contributed by atoms with E-state index in [0.717, 1.165) is 23.5 Å². The van der Waals surface area contributed by atoms with Crippen molar-refractivity contribution in [3.05, 3.63) is 71.9 Å². The molecule has 0 saturated carbocycles. The molecule has 0 bridgehead atoms. The third kappa shape index (κ3) is 3.66. The molecule has 4 nitrogen and oxygen atoms in total. The molecule has 0 unspecified atom stereocenters. The quantitative estimate of drug-likeness (QED) is 0.732. The van der Waals surface area contributed by atoms with Crippen molar-refractivity contribution in [3.8, 4) is 22.6 Å². The third-order valence-electron chi connectivity index (χ3n) is 3.83. The highest BCUT2D eigenvalue weighted by Crippen LogP contribution is 2.31. The fraction of sp³-hybridized carbons (Fsp3) is 0.150. The molecule has 0 aliphatic carbocycles. The lowest BCUT2D eigenvalue weighted by Crippen LogP contribution is -2.01. The number of aromatic nitrogens is 1. The summed E-state index contributed by atoms with van der Waals surface area (Å²) in [5.41, 5.74) is 4.30. The molecule has 0 spiro atoms. The Hall–Kier alpha value is -3.01. The van der Waals surface area contributed by atoms with Crippen molar-refractivity contribution in [1.29, 1.82) is 0 Å². The van der Waals surface area contributed by atoms with Crippen LogP contribution in [0, 0.1) is 6.92 Å². The van der Waals surface area contributed by atoms with Crippen LogP contribution < -0.4 is 10.1 Å². The van der Waals surface area contributed by atoms with Crippen molar-refractivity contribution < 1.29 is 9.84 Å². The Bertz CT molecular complexity index is 829. The molecule has 2 N–H and O–H groups in total. The van der Waals surface area contributed by atoms with E-state index < -0.39 is 0 Å². The first kappa shape index (κ1) is 15.9. The number of aryl methyl sites for hydroxylation is 1. The molecule has 3 aromatic rings. The Morgan fingerprint density at radius 1 is 1.04 bits per heavy atom. The van der Waals surface area contributed by atoms with Gasteiger partial charge >= 0.3 is 0 Å². The number of hydrogen-bond donors (Lipinski definition) is 2.